The minimum Gasteiger partial charge on any atom is -0.264 e. The van der Waals surface area contributed by atoms with Gasteiger partial charge in [0.05, 0.1) is 22.4 Å². The summed E-state index contributed by atoms with van der Waals surface area (Å²) in [5, 5.41) is 0. The van der Waals surface area contributed by atoms with Crippen LogP contribution in [0.5, 0.6) is 0 Å². The summed E-state index contributed by atoms with van der Waals surface area (Å²) in [6.45, 7) is 18.3. The lowest BCUT2D eigenvalue weighted by molar-refractivity contribution is 0.720. The summed E-state index contributed by atoms with van der Waals surface area (Å²) in [7, 11) is 0. The molecule has 5 rings (SSSR count). The molecule has 1 aliphatic carbocycles. The van der Waals surface area contributed by atoms with E-state index in [2.05, 4.69) is 80.5 Å². The number of rotatable bonds is 8. The number of unbranched alkanes of at least 4 members (excludes halogenated alkanes) is 1. The maximum atomic E-state index is 4.99. The number of hydrogen-bond donors (Lipinski definition) is 0. The van der Waals surface area contributed by atoms with Crippen molar-refractivity contribution in [2.75, 3.05) is 0 Å². The van der Waals surface area contributed by atoms with Crippen LogP contribution in [0.4, 0.5) is 0 Å². The molecule has 0 bridgehead atoms. The average Bonchev–Trinajstić information content (AvgIpc) is 3.00. The molecule has 0 radical (unpaired) electrons. The highest BCUT2D eigenvalue weighted by Crippen LogP contribution is 2.26. The molecular formula is C37H45N3. The van der Waals surface area contributed by atoms with Crippen LogP contribution < -0.4 is 0 Å². The fourth-order valence-electron chi connectivity index (χ4n) is 4.77. The van der Waals surface area contributed by atoms with Gasteiger partial charge in [-0.2, -0.15) is 0 Å². The molecule has 4 aromatic rings. The molecule has 0 aliphatic heterocycles. The second-order valence-electron chi connectivity index (χ2n) is 10.2. The molecule has 0 saturated carbocycles. The van der Waals surface area contributed by atoms with E-state index in [-0.39, 0.29) is 0 Å². The number of hydrogen-bond acceptors (Lipinski definition) is 3. The number of aryl methyl sites for hydroxylation is 3. The molecule has 40 heavy (non-hydrogen) atoms. The first kappa shape index (κ1) is 30.7. The van der Waals surface area contributed by atoms with Gasteiger partial charge >= 0.3 is 0 Å². The lowest BCUT2D eigenvalue weighted by atomic mass is 9.95. The molecule has 3 heteroatoms. The number of nitrogens with zero attached hydrogens (tertiary/aromatic N) is 3. The molecule has 2 heterocycles. The van der Waals surface area contributed by atoms with Crippen LogP contribution in [0.1, 0.15) is 88.2 Å². The molecule has 0 saturated heterocycles. The monoisotopic (exact) mass is 531 g/mol. The third-order valence-corrected chi connectivity index (χ3v) is 6.94. The molecule has 0 amide bonds. The van der Waals surface area contributed by atoms with Crippen LogP contribution in [-0.2, 0) is 19.3 Å². The summed E-state index contributed by atoms with van der Waals surface area (Å²) in [5.74, 6) is 0. The zero-order chi connectivity index (χ0) is 28.9. The molecule has 0 N–H and O–H groups in total. The zero-order valence-corrected chi connectivity index (χ0v) is 25.1. The molecule has 2 aromatic carbocycles. The first-order valence-electron chi connectivity index (χ1n) is 14.7. The van der Waals surface area contributed by atoms with Crippen molar-refractivity contribution >= 4 is 22.7 Å². The Labute approximate surface area is 241 Å². The van der Waals surface area contributed by atoms with E-state index in [0.717, 1.165) is 77.6 Å². The first-order chi connectivity index (χ1) is 19.5. The zero-order valence-electron chi connectivity index (χ0n) is 25.1. The summed E-state index contributed by atoms with van der Waals surface area (Å²) in [5.41, 5.74) is 12.7. The number of pyridine rings is 1. The van der Waals surface area contributed by atoms with Gasteiger partial charge in [0.15, 0.2) is 0 Å². The Morgan fingerprint density at radius 3 is 2.38 bits per heavy atom. The Balaban J connectivity index is 0.000000262. The van der Waals surface area contributed by atoms with E-state index in [1.807, 2.05) is 45.3 Å². The summed E-state index contributed by atoms with van der Waals surface area (Å²) in [6, 6.07) is 16.6. The highest BCUT2D eigenvalue weighted by molar-refractivity contribution is 5.82. The maximum Gasteiger partial charge on any atom is 0.0925 e. The van der Waals surface area contributed by atoms with Gasteiger partial charge in [-0.1, -0.05) is 87.0 Å². The van der Waals surface area contributed by atoms with Crippen LogP contribution in [0.15, 0.2) is 85.7 Å². The standard InChI is InChI=1S/C24H26N2.C11H13N.C2H6/c1-17(2)10-8-9-13-22-24(19-11-6-5-7-12-19)26-21-15-14-20(18(3)4)16-23(21)25-22;1-2-9-7-12-8-10-5-3-4-6-11(9)10;1-2/h5-7,11-12,14-16H,1,3,8-10,13H2,2,4H3;4,6-8H,2-3,5H2,1H3;1-2H3. The number of allylic oxidation sites excluding steroid dienone is 3. The number of fused-ring (bicyclic) bond motifs is 2. The van der Waals surface area contributed by atoms with Gasteiger partial charge in [-0.15, -0.1) is 6.58 Å². The Bertz CT molecular complexity index is 1450. The molecule has 0 fully saturated rings. The second-order valence-corrected chi connectivity index (χ2v) is 10.2. The Kier molecular flexibility index (Phi) is 12.0. The Morgan fingerprint density at radius 2 is 1.68 bits per heavy atom. The number of benzene rings is 2. The quantitative estimate of drug-likeness (QED) is 0.168. The van der Waals surface area contributed by atoms with Crippen molar-refractivity contribution in [3.05, 3.63) is 114 Å². The lowest BCUT2D eigenvalue weighted by Gasteiger charge is -2.12. The molecule has 3 nitrogen and oxygen atoms in total. The minimum absolute atomic E-state index is 0.928. The second kappa shape index (κ2) is 15.7. The van der Waals surface area contributed by atoms with E-state index in [1.54, 1.807) is 0 Å². The SMILES string of the molecule is C=C(C)CCCCc1nc2cc(C(=C)C)ccc2nc1-c1ccccc1.CC.CCc1cncc2c1C=CCC2. The largest absolute Gasteiger partial charge is 0.264 e. The van der Waals surface area contributed by atoms with Crippen molar-refractivity contribution < 1.29 is 0 Å². The van der Waals surface area contributed by atoms with Gasteiger partial charge in [0, 0.05) is 18.0 Å². The van der Waals surface area contributed by atoms with Crippen molar-refractivity contribution in [1.29, 1.82) is 0 Å². The van der Waals surface area contributed by atoms with E-state index in [4.69, 9.17) is 9.97 Å². The van der Waals surface area contributed by atoms with Gasteiger partial charge in [-0.25, -0.2) is 9.97 Å². The van der Waals surface area contributed by atoms with E-state index in [0.29, 0.717) is 0 Å². The van der Waals surface area contributed by atoms with Crippen LogP contribution in [0.2, 0.25) is 0 Å². The van der Waals surface area contributed by atoms with Crippen LogP contribution in [0.25, 0.3) is 33.9 Å². The highest BCUT2D eigenvalue weighted by atomic mass is 14.8. The summed E-state index contributed by atoms with van der Waals surface area (Å²) in [4.78, 5) is 14.2. The van der Waals surface area contributed by atoms with Crippen LogP contribution in [-0.4, -0.2) is 15.0 Å². The predicted molar refractivity (Wildman–Crippen MR) is 174 cm³/mol. The third kappa shape index (κ3) is 8.32. The van der Waals surface area contributed by atoms with Crippen molar-refractivity contribution in [3.63, 3.8) is 0 Å². The smallest absolute Gasteiger partial charge is 0.0925 e. The molecule has 0 spiro atoms. The van der Waals surface area contributed by atoms with Crippen molar-refractivity contribution in [2.45, 2.75) is 79.6 Å². The lowest BCUT2D eigenvalue weighted by Crippen LogP contribution is -2.00. The Hall–Kier alpha value is -3.85. The van der Waals surface area contributed by atoms with Crippen LogP contribution in [0.3, 0.4) is 0 Å². The summed E-state index contributed by atoms with van der Waals surface area (Å²) >= 11 is 0. The Morgan fingerprint density at radius 1 is 0.900 bits per heavy atom. The van der Waals surface area contributed by atoms with Gasteiger partial charge in [-0.05, 0) is 93.2 Å². The predicted octanol–water partition coefficient (Wildman–Crippen LogP) is 10.2. The molecule has 1 aliphatic rings. The van der Waals surface area contributed by atoms with Crippen LogP contribution in [0, 0.1) is 0 Å². The fraction of sp³-hybridized carbons (Fsp3) is 0.324. The van der Waals surface area contributed by atoms with E-state index in [9.17, 15) is 0 Å². The highest BCUT2D eigenvalue weighted by Gasteiger charge is 2.12. The normalized spacial score (nSPS) is 11.5. The fourth-order valence-corrected chi connectivity index (χ4v) is 4.77. The van der Waals surface area contributed by atoms with Gasteiger partial charge in [0.1, 0.15) is 0 Å². The minimum atomic E-state index is 0.928. The topological polar surface area (TPSA) is 38.7 Å². The first-order valence-corrected chi connectivity index (χ1v) is 14.7. The summed E-state index contributed by atoms with van der Waals surface area (Å²) < 4.78 is 0. The van der Waals surface area contributed by atoms with E-state index < -0.39 is 0 Å². The molecule has 0 atom stereocenters. The third-order valence-electron chi connectivity index (χ3n) is 6.94. The van der Waals surface area contributed by atoms with Crippen molar-refractivity contribution in [2.24, 2.45) is 0 Å². The van der Waals surface area contributed by atoms with Crippen molar-refractivity contribution in [1.82, 2.24) is 15.0 Å². The molecule has 2 aromatic heterocycles. The van der Waals surface area contributed by atoms with Crippen LogP contribution >= 0.6 is 0 Å². The maximum absolute atomic E-state index is 4.99. The van der Waals surface area contributed by atoms with Gasteiger partial charge in [0.25, 0.3) is 0 Å². The van der Waals surface area contributed by atoms with E-state index in [1.165, 1.54) is 28.7 Å². The van der Waals surface area contributed by atoms with Gasteiger partial charge < -0.3 is 0 Å². The molecule has 0 unspecified atom stereocenters. The molecular weight excluding hydrogens is 486 g/mol. The van der Waals surface area contributed by atoms with Crippen molar-refractivity contribution in [3.8, 4) is 11.3 Å². The molecule has 208 valence electrons. The number of aromatic nitrogens is 3. The average molecular weight is 532 g/mol. The van der Waals surface area contributed by atoms with Gasteiger partial charge in [-0.3, -0.25) is 4.98 Å². The summed E-state index contributed by atoms with van der Waals surface area (Å²) in [6.07, 6.45) is 16.1. The van der Waals surface area contributed by atoms with E-state index >= 15 is 0 Å². The van der Waals surface area contributed by atoms with Gasteiger partial charge in [0.2, 0.25) is 0 Å².